The molecule has 2 N–H and O–H groups in total. The van der Waals surface area contributed by atoms with Crippen molar-refractivity contribution in [2.75, 3.05) is 19.0 Å². The number of nitrogens with zero attached hydrogens (tertiary/aromatic N) is 1. The van der Waals surface area contributed by atoms with Crippen LogP contribution in [0.3, 0.4) is 0 Å². The van der Waals surface area contributed by atoms with Gasteiger partial charge in [0.15, 0.2) is 0 Å². The number of nitrogens with one attached hydrogen (secondary N) is 1. The van der Waals surface area contributed by atoms with E-state index in [9.17, 15) is 9.59 Å². The highest BCUT2D eigenvalue weighted by molar-refractivity contribution is 6.04. The van der Waals surface area contributed by atoms with Crippen molar-refractivity contribution in [3.63, 3.8) is 0 Å². The van der Waals surface area contributed by atoms with Gasteiger partial charge in [0.2, 0.25) is 0 Å². The minimum Gasteiger partial charge on any atom is -0.488 e. The highest BCUT2D eigenvalue weighted by Crippen LogP contribution is 2.28. The number of anilines is 1. The quantitative estimate of drug-likeness (QED) is 0.440. The Morgan fingerprint density at radius 1 is 1.03 bits per heavy atom. The number of carboxylic acids is 1. The van der Waals surface area contributed by atoms with Crippen molar-refractivity contribution in [3.05, 3.63) is 90.1 Å². The highest BCUT2D eigenvalue weighted by atomic mass is 16.5. The van der Waals surface area contributed by atoms with E-state index in [-0.39, 0.29) is 23.0 Å². The second kappa shape index (κ2) is 10.9. The van der Waals surface area contributed by atoms with Crippen LogP contribution in [0.5, 0.6) is 11.5 Å². The first-order valence-electron chi connectivity index (χ1n) is 10.1. The zero-order chi connectivity index (χ0) is 23.8. The molecule has 1 amide bonds. The molecule has 0 spiro atoms. The molecule has 0 bridgehead atoms. The molecule has 3 rings (SSSR count). The van der Waals surface area contributed by atoms with Gasteiger partial charge in [-0.1, -0.05) is 36.9 Å². The fourth-order valence-corrected chi connectivity index (χ4v) is 2.94. The van der Waals surface area contributed by atoms with Crippen molar-refractivity contribution in [3.8, 4) is 11.5 Å². The number of rotatable bonds is 10. The summed E-state index contributed by atoms with van der Waals surface area (Å²) in [5.74, 6) is -0.167. The molecule has 0 unspecified atom stereocenters. The van der Waals surface area contributed by atoms with Crippen molar-refractivity contribution < 1.29 is 28.9 Å². The number of ether oxygens (including phenoxy) is 3. The van der Waals surface area contributed by atoms with Crippen LogP contribution < -0.4 is 14.8 Å². The molecular weight excluding hydrogens is 424 g/mol. The van der Waals surface area contributed by atoms with Crippen LogP contribution in [-0.2, 0) is 4.74 Å². The van der Waals surface area contributed by atoms with Gasteiger partial charge < -0.3 is 24.6 Å². The molecule has 1 aromatic heterocycles. The minimum atomic E-state index is -1.10. The van der Waals surface area contributed by atoms with E-state index >= 15 is 0 Å². The van der Waals surface area contributed by atoms with Gasteiger partial charge in [0, 0.05) is 30.5 Å². The predicted molar refractivity (Wildman–Crippen MR) is 124 cm³/mol. The van der Waals surface area contributed by atoms with Crippen LogP contribution in [0.4, 0.5) is 5.82 Å². The molecule has 0 fully saturated rings. The molecule has 170 valence electrons. The number of carbonyl (C=O) groups is 2. The summed E-state index contributed by atoms with van der Waals surface area (Å²) in [7, 11) is 1.57. The molecular formula is C25H24N2O6. The van der Waals surface area contributed by atoms with Gasteiger partial charge in [-0.3, -0.25) is 4.79 Å². The Balaban J connectivity index is 1.85. The van der Waals surface area contributed by atoms with Crippen molar-refractivity contribution in [1.29, 1.82) is 0 Å². The second-order valence-corrected chi connectivity index (χ2v) is 7.16. The summed E-state index contributed by atoms with van der Waals surface area (Å²) in [6.07, 6.45) is 0.908. The maximum Gasteiger partial charge on any atom is 0.337 e. The molecule has 0 aliphatic carbocycles. The summed E-state index contributed by atoms with van der Waals surface area (Å²) in [6, 6.07) is 16.9. The zero-order valence-electron chi connectivity index (χ0n) is 18.3. The fraction of sp³-hybridized carbons (Fsp3) is 0.160. The maximum atomic E-state index is 12.9. The molecule has 1 heterocycles. The fourth-order valence-electron chi connectivity index (χ4n) is 2.94. The molecule has 33 heavy (non-hydrogen) atoms. The molecule has 0 aliphatic rings. The van der Waals surface area contributed by atoms with Crippen molar-refractivity contribution >= 4 is 23.5 Å². The van der Waals surface area contributed by atoms with Crippen LogP contribution in [-0.4, -0.2) is 41.8 Å². The summed E-state index contributed by atoms with van der Waals surface area (Å²) in [5.41, 5.74) is 1.08. The molecule has 3 aromatic rings. The molecule has 0 saturated heterocycles. The van der Waals surface area contributed by atoms with Gasteiger partial charge in [0.25, 0.3) is 5.91 Å². The number of pyridine rings is 1. The zero-order valence-corrected chi connectivity index (χ0v) is 18.3. The van der Waals surface area contributed by atoms with Gasteiger partial charge in [-0.25, -0.2) is 9.78 Å². The Labute approximate surface area is 191 Å². The summed E-state index contributed by atoms with van der Waals surface area (Å²) >= 11 is 0. The number of aromatic nitrogens is 1. The Morgan fingerprint density at radius 2 is 1.76 bits per heavy atom. The van der Waals surface area contributed by atoms with Gasteiger partial charge in [0.1, 0.15) is 29.2 Å². The molecule has 1 atom stereocenters. The Kier molecular flexibility index (Phi) is 7.77. The lowest BCUT2D eigenvalue weighted by Gasteiger charge is -2.17. The molecule has 8 heteroatoms. The lowest BCUT2D eigenvalue weighted by atomic mass is 10.1. The van der Waals surface area contributed by atoms with E-state index in [1.807, 2.05) is 37.3 Å². The van der Waals surface area contributed by atoms with Gasteiger partial charge in [-0.05, 0) is 31.2 Å². The van der Waals surface area contributed by atoms with Crippen LogP contribution in [0.1, 0.15) is 33.2 Å². The number of amides is 1. The van der Waals surface area contributed by atoms with Crippen molar-refractivity contribution in [1.82, 2.24) is 4.98 Å². The van der Waals surface area contributed by atoms with Gasteiger partial charge in [0.05, 0.1) is 12.2 Å². The third-order valence-electron chi connectivity index (χ3n) is 4.47. The normalized spacial score (nSPS) is 11.3. The van der Waals surface area contributed by atoms with Gasteiger partial charge in [-0.15, -0.1) is 0 Å². The number of carboxylic acid groups (broad SMARTS) is 1. The number of aromatic carboxylic acids is 1. The second-order valence-electron chi connectivity index (χ2n) is 7.16. The van der Waals surface area contributed by atoms with E-state index in [0.717, 1.165) is 5.56 Å². The topological polar surface area (TPSA) is 107 Å². The summed E-state index contributed by atoms with van der Waals surface area (Å²) in [4.78, 5) is 27.8. The van der Waals surface area contributed by atoms with E-state index in [1.165, 1.54) is 18.3 Å². The van der Waals surface area contributed by atoms with Crippen LogP contribution in [0.25, 0.3) is 5.76 Å². The molecule has 2 aromatic carbocycles. The van der Waals surface area contributed by atoms with Crippen LogP contribution >= 0.6 is 0 Å². The van der Waals surface area contributed by atoms with Crippen molar-refractivity contribution in [2.45, 2.75) is 13.0 Å². The number of methoxy groups -OCH3 is 1. The maximum absolute atomic E-state index is 12.9. The van der Waals surface area contributed by atoms with Crippen LogP contribution in [0, 0.1) is 0 Å². The lowest BCUT2D eigenvalue weighted by Crippen LogP contribution is -2.19. The summed E-state index contributed by atoms with van der Waals surface area (Å²) in [5, 5.41) is 11.6. The Morgan fingerprint density at radius 3 is 2.39 bits per heavy atom. The van der Waals surface area contributed by atoms with Gasteiger partial charge >= 0.3 is 5.97 Å². The standard InChI is InChI=1S/C25H24N2O6/c1-16(15-31-3)32-21-11-20(24(28)27-23-10-9-19(14-26-23)25(29)30)12-22(13-21)33-17(2)18-7-5-4-6-8-18/h4-14,16H,2,15H2,1,3H3,(H,29,30)(H,26,27,28)/t16-/m0/s1. The Bertz CT molecular complexity index is 1130. The monoisotopic (exact) mass is 448 g/mol. The molecule has 0 aliphatic heterocycles. The van der Waals surface area contributed by atoms with Crippen LogP contribution in [0.15, 0.2) is 73.4 Å². The van der Waals surface area contributed by atoms with Gasteiger partial charge in [-0.2, -0.15) is 0 Å². The first-order chi connectivity index (χ1) is 15.9. The SMILES string of the molecule is C=C(Oc1cc(O[C@@H](C)COC)cc(C(=O)Nc2ccc(C(=O)O)cn2)c1)c1ccccc1. The first kappa shape index (κ1) is 23.5. The predicted octanol–water partition coefficient (Wildman–Crippen LogP) is 4.50. The first-order valence-corrected chi connectivity index (χ1v) is 10.1. The largest absolute Gasteiger partial charge is 0.488 e. The van der Waals surface area contributed by atoms with E-state index in [4.69, 9.17) is 19.3 Å². The van der Waals surface area contributed by atoms with Crippen LogP contribution in [0.2, 0.25) is 0 Å². The summed E-state index contributed by atoms with van der Waals surface area (Å²) < 4.78 is 16.9. The number of hydrogen-bond donors (Lipinski definition) is 2. The smallest absolute Gasteiger partial charge is 0.337 e. The van der Waals surface area contributed by atoms with E-state index in [0.29, 0.717) is 23.9 Å². The van der Waals surface area contributed by atoms with E-state index in [1.54, 1.807) is 25.3 Å². The van der Waals surface area contributed by atoms with Crippen molar-refractivity contribution in [2.24, 2.45) is 0 Å². The number of benzene rings is 2. The molecule has 0 radical (unpaired) electrons. The number of carbonyl (C=O) groups excluding carboxylic acids is 1. The average molecular weight is 448 g/mol. The highest BCUT2D eigenvalue weighted by Gasteiger charge is 2.15. The molecule has 8 nitrogen and oxygen atoms in total. The van der Waals surface area contributed by atoms with E-state index in [2.05, 4.69) is 16.9 Å². The Hall–Kier alpha value is -4.17. The third kappa shape index (κ3) is 6.65. The number of hydrogen-bond acceptors (Lipinski definition) is 6. The minimum absolute atomic E-state index is 0.0191. The third-order valence-corrected chi connectivity index (χ3v) is 4.47. The average Bonchev–Trinajstić information content (AvgIpc) is 2.80. The lowest BCUT2D eigenvalue weighted by molar-refractivity contribution is 0.0696. The molecule has 0 saturated carbocycles. The summed E-state index contributed by atoms with van der Waals surface area (Å²) in [6.45, 7) is 6.17. The van der Waals surface area contributed by atoms with E-state index < -0.39 is 11.9 Å².